The van der Waals surface area contributed by atoms with Crippen LogP contribution in [0.5, 0.6) is 17.2 Å². The van der Waals surface area contributed by atoms with E-state index in [4.69, 9.17) is 14.2 Å². The van der Waals surface area contributed by atoms with Crippen LogP contribution in [0.25, 0.3) is 0 Å². The van der Waals surface area contributed by atoms with E-state index in [1.807, 2.05) is 56.3 Å². The molecule has 0 spiro atoms. The number of hydrogen-bond donors (Lipinski definition) is 1. The normalized spacial score (nSPS) is 17.4. The Morgan fingerprint density at radius 1 is 1.11 bits per heavy atom. The molecule has 0 radical (unpaired) electrons. The zero-order valence-electron chi connectivity index (χ0n) is 16.4. The highest BCUT2D eigenvalue weighted by atomic mass is 16.5. The first-order chi connectivity index (χ1) is 12.9. The maximum Gasteiger partial charge on any atom is 0.220 e. The van der Waals surface area contributed by atoms with Gasteiger partial charge < -0.3 is 19.5 Å². The first kappa shape index (κ1) is 19.1. The van der Waals surface area contributed by atoms with Gasteiger partial charge >= 0.3 is 0 Å². The Morgan fingerprint density at radius 2 is 1.78 bits per heavy atom. The van der Waals surface area contributed by atoms with Gasteiger partial charge in [-0.05, 0) is 56.2 Å². The first-order valence-electron chi connectivity index (χ1n) is 9.19. The molecule has 0 unspecified atom stereocenters. The van der Waals surface area contributed by atoms with Crippen LogP contribution in [0.4, 0.5) is 0 Å². The van der Waals surface area contributed by atoms with Gasteiger partial charge in [0.2, 0.25) is 5.91 Å². The van der Waals surface area contributed by atoms with E-state index in [0.29, 0.717) is 19.3 Å². The zero-order valence-corrected chi connectivity index (χ0v) is 16.4. The summed E-state index contributed by atoms with van der Waals surface area (Å²) in [6.07, 6.45) is 1.83. The van der Waals surface area contributed by atoms with Crippen LogP contribution in [0.1, 0.15) is 43.9 Å². The van der Waals surface area contributed by atoms with Crippen LogP contribution >= 0.6 is 0 Å². The van der Waals surface area contributed by atoms with Crippen molar-refractivity contribution in [3.05, 3.63) is 53.6 Å². The van der Waals surface area contributed by atoms with E-state index in [0.717, 1.165) is 28.4 Å². The van der Waals surface area contributed by atoms with Crippen LogP contribution in [-0.4, -0.2) is 25.7 Å². The summed E-state index contributed by atoms with van der Waals surface area (Å²) < 4.78 is 16.6. The van der Waals surface area contributed by atoms with Crippen LogP contribution in [0.3, 0.4) is 0 Å². The zero-order chi connectivity index (χ0) is 19.4. The molecule has 27 heavy (non-hydrogen) atoms. The number of carbonyl (C=O) groups is 1. The number of methoxy groups -OCH3 is 2. The lowest BCUT2D eigenvalue weighted by Gasteiger charge is -2.38. The molecule has 0 saturated heterocycles. The molecule has 3 rings (SSSR count). The monoisotopic (exact) mass is 369 g/mol. The van der Waals surface area contributed by atoms with Crippen LogP contribution in [0, 0.1) is 0 Å². The van der Waals surface area contributed by atoms with E-state index in [2.05, 4.69) is 5.32 Å². The van der Waals surface area contributed by atoms with Gasteiger partial charge in [-0.25, -0.2) is 0 Å². The third kappa shape index (κ3) is 4.73. The van der Waals surface area contributed by atoms with Crippen molar-refractivity contribution in [3.63, 3.8) is 0 Å². The van der Waals surface area contributed by atoms with Gasteiger partial charge in [0.1, 0.15) is 22.8 Å². The van der Waals surface area contributed by atoms with Crippen LogP contribution < -0.4 is 19.5 Å². The first-order valence-corrected chi connectivity index (χ1v) is 9.19. The lowest BCUT2D eigenvalue weighted by atomic mass is 9.89. The average molecular weight is 369 g/mol. The fraction of sp³-hybridized carbons (Fsp3) is 0.409. The molecule has 0 aliphatic carbocycles. The lowest BCUT2D eigenvalue weighted by Crippen LogP contribution is -2.41. The average Bonchev–Trinajstić information content (AvgIpc) is 2.65. The molecule has 2 aromatic rings. The van der Waals surface area contributed by atoms with Crippen LogP contribution in [0.2, 0.25) is 0 Å². The smallest absolute Gasteiger partial charge is 0.220 e. The molecule has 1 aliphatic heterocycles. The molecule has 1 aliphatic rings. The van der Waals surface area contributed by atoms with Crippen molar-refractivity contribution in [2.24, 2.45) is 0 Å². The van der Waals surface area contributed by atoms with Crippen molar-refractivity contribution in [2.75, 3.05) is 14.2 Å². The summed E-state index contributed by atoms with van der Waals surface area (Å²) in [4.78, 5) is 12.6. The largest absolute Gasteiger partial charge is 0.497 e. The topological polar surface area (TPSA) is 56.8 Å². The standard InChI is InChI=1S/C22H27NO4/c1-22(2)14-19(18-13-17(26-4)10-11-20(18)27-22)23-21(24)12-7-15-5-8-16(25-3)9-6-15/h5-6,8-11,13,19H,7,12,14H2,1-4H3,(H,23,24)/t19-/m1/s1. The summed E-state index contributed by atoms with van der Waals surface area (Å²) in [5.41, 5.74) is 1.74. The second kappa shape index (κ2) is 7.91. The Morgan fingerprint density at radius 3 is 2.44 bits per heavy atom. The van der Waals surface area contributed by atoms with Crippen molar-refractivity contribution in [3.8, 4) is 17.2 Å². The molecule has 5 heteroatoms. The summed E-state index contributed by atoms with van der Waals surface area (Å²) in [5, 5.41) is 3.18. The molecule has 1 heterocycles. The molecule has 1 amide bonds. The number of benzene rings is 2. The van der Waals surface area contributed by atoms with Crippen molar-refractivity contribution < 1.29 is 19.0 Å². The minimum Gasteiger partial charge on any atom is -0.497 e. The molecule has 0 fully saturated rings. The van der Waals surface area contributed by atoms with E-state index < -0.39 is 0 Å². The number of hydrogen-bond acceptors (Lipinski definition) is 4. The Labute approximate surface area is 160 Å². The maximum absolute atomic E-state index is 12.6. The molecular formula is C22H27NO4. The summed E-state index contributed by atoms with van der Waals surface area (Å²) >= 11 is 0. The number of fused-ring (bicyclic) bond motifs is 1. The number of nitrogens with one attached hydrogen (secondary N) is 1. The third-order valence-corrected chi connectivity index (χ3v) is 4.81. The quantitative estimate of drug-likeness (QED) is 0.834. The lowest BCUT2D eigenvalue weighted by molar-refractivity contribution is -0.122. The van der Waals surface area contributed by atoms with Crippen LogP contribution in [0.15, 0.2) is 42.5 Å². The third-order valence-electron chi connectivity index (χ3n) is 4.81. The number of amides is 1. The van der Waals surface area contributed by atoms with Gasteiger partial charge in [-0.2, -0.15) is 0 Å². The molecule has 1 N–H and O–H groups in total. The highest BCUT2D eigenvalue weighted by molar-refractivity contribution is 5.77. The van der Waals surface area contributed by atoms with Gasteiger partial charge in [-0.1, -0.05) is 12.1 Å². The molecule has 0 aromatic heterocycles. The van der Waals surface area contributed by atoms with E-state index >= 15 is 0 Å². The SMILES string of the molecule is COc1ccc(CCC(=O)N[C@@H]2CC(C)(C)Oc3ccc(OC)cc32)cc1. The number of ether oxygens (including phenoxy) is 3. The minimum atomic E-state index is -0.338. The Kier molecular flexibility index (Phi) is 5.59. The molecular weight excluding hydrogens is 342 g/mol. The number of rotatable bonds is 6. The van der Waals surface area contributed by atoms with E-state index in [1.54, 1.807) is 14.2 Å². The van der Waals surface area contributed by atoms with Crippen molar-refractivity contribution in [1.29, 1.82) is 0 Å². The molecule has 0 bridgehead atoms. The summed E-state index contributed by atoms with van der Waals surface area (Å²) in [7, 11) is 3.28. The second-order valence-corrected chi connectivity index (χ2v) is 7.44. The van der Waals surface area contributed by atoms with Crippen molar-refractivity contribution >= 4 is 5.91 Å². The minimum absolute atomic E-state index is 0.0299. The van der Waals surface area contributed by atoms with Crippen molar-refractivity contribution in [2.45, 2.75) is 44.8 Å². The molecule has 5 nitrogen and oxygen atoms in total. The number of aryl methyl sites for hydroxylation is 1. The highest BCUT2D eigenvalue weighted by Crippen LogP contribution is 2.41. The van der Waals surface area contributed by atoms with E-state index in [-0.39, 0.29) is 17.6 Å². The fourth-order valence-corrected chi connectivity index (χ4v) is 3.40. The summed E-state index contributed by atoms with van der Waals surface area (Å²) in [5.74, 6) is 2.41. The highest BCUT2D eigenvalue weighted by Gasteiger charge is 2.34. The van der Waals surface area contributed by atoms with Gasteiger partial charge in [-0.15, -0.1) is 0 Å². The van der Waals surface area contributed by atoms with Gasteiger partial charge in [0.25, 0.3) is 0 Å². The van der Waals surface area contributed by atoms with Gasteiger partial charge in [0.05, 0.1) is 20.3 Å². The Hall–Kier alpha value is -2.69. The molecule has 1 atom stereocenters. The summed E-state index contributed by atoms with van der Waals surface area (Å²) in [6, 6.07) is 13.4. The number of carbonyl (C=O) groups excluding carboxylic acids is 1. The van der Waals surface area contributed by atoms with Gasteiger partial charge in [0, 0.05) is 18.4 Å². The predicted molar refractivity (Wildman–Crippen MR) is 105 cm³/mol. The molecule has 0 saturated carbocycles. The van der Waals surface area contributed by atoms with Gasteiger partial charge in [0.15, 0.2) is 0 Å². The maximum atomic E-state index is 12.6. The molecule has 2 aromatic carbocycles. The van der Waals surface area contributed by atoms with Crippen LogP contribution in [-0.2, 0) is 11.2 Å². The molecule has 144 valence electrons. The van der Waals surface area contributed by atoms with E-state index in [1.165, 1.54) is 0 Å². The fourth-order valence-electron chi connectivity index (χ4n) is 3.40. The Bertz CT molecular complexity index is 798. The summed E-state index contributed by atoms with van der Waals surface area (Å²) in [6.45, 7) is 4.08. The second-order valence-electron chi connectivity index (χ2n) is 7.44. The van der Waals surface area contributed by atoms with Crippen molar-refractivity contribution in [1.82, 2.24) is 5.32 Å². The van der Waals surface area contributed by atoms with Gasteiger partial charge in [-0.3, -0.25) is 4.79 Å². The Balaban J connectivity index is 1.67. The van der Waals surface area contributed by atoms with E-state index in [9.17, 15) is 4.79 Å². The predicted octanol–water partition coefficient (Wildman–Crippen LogP) is 4.06.